The Hall–Kier alpha value is -1.31. The molecule has 0 saturated carbocycles. The van der Waals surface area contributed by atoms with Gasteiger partial charge in [-0.3, -0.25) is 4.90 Å². The molecule has 0 radical (unpaired) electrons. The largest absolute Gasteiger partial charge is 0.379 e. The number of hydrogen-bond donors (Lipinski definition) is 0. The zero-order chi connectivity index (χ0) is 15.7. The van der Waals surface area contributed by atoms with Gasteiger partial charge in [-0.1, -0.05) is 0 Å². The van der Waals surface area contributed by atoms with Crippen LogP contribution in [0.5, 0.6) is 0 Å². The average molecular weight is 322 g/mol. The van der Waals surface area contributed by atoms with Crippen LogP contribution in [0.4, 0.5) is 10.3 Å². The van der Waals surface area contributed by atoms with Gasteiger partial charge in [0.25, 0.3) is 0 Å². The Labute approximate surface area is 135 Å². The highest BCUT2D eigenvalue weighted by Crippen LogP contribution is 2.38. The standard InChI is InChI=1S/C16H23FN4O2/c17-13-10-18-15(19-11-13)21-3-1-16(2-4-21)9-14(12-23-16)20-5-7-22-8-6-20/h10-11,14H,1-9,12H2/t14-/m1/s1. The molecule has 0 amide bonds. The number of hydrogen-bond acceptors (Lipinski definition) is 6. The molecule has 1 aromatic rings. The smallest absolute Gasteiger partial charge is 0.225 e. The van der Waals surface area contributed by atoms with Crippen molar-refractivity contribution in [1.29, 1.82) is 0 Å². The SMILES string of the molecule is Fc1cnc(N2CCC3(CC2)C[C@@H](N2CCOCC2)CO3)nc1. The van der Waals surface area contributed by atoms with E-state index < -0.39 is 5.82 Å². The lowest BCUT2D eigenvalue weighted by atomic mass is 9.87. The van der Waals surface area contributed by atoms with E-state index in [4.69, 9.17) is 9.47 Å². The molecule has 0 aromatic carbocycles. The lowest BCUT2D eigenvalue weighted by Gasteiger charge is -2.39. The van der Waals surface area contributed by atoms with Crippen LogP contribution in [0.2, 0.25) is 0 Å². The summed E-state index contributed by atoms with van der Waals surface area (Å²) in [4.78, 5) is 12.8. The van der Waals surface area contributed by atoms with Crippen molar-refractivity contribution < 1.29 is 13.9 Å². The van der Waals surface area contributed by atoms with Gasteiger partial charge in [-0.15, -0.1) is 0 Å². The maximum Gasteiger partial charge on any atom is 0.225 e. The Balaban J connectivity index is 1.35. The molecular weight excluding hydrogens is 299 g/mol. The van der Waals surface area contributed by atoms with Crippen LogP contribution in [0, 0.1) is 5.82 Å². The van der Waals surface area contributed by atoms with Gasteiger partial charge in [0.1, 0.15) is 0 Å². The van der Waals surface area contributed by atoms with Gasteiger partial charge >= 0.3 is 0 Å². The van der Waals surface area contributed by atoms with E-state index >= 15 is 0 Å². The molecule has 3 aliphatic heterocycles. The fourth-order valence-corrected chi connectivity index (χ4v) is 3.93. The molecule has 1 atom stereocenters. The molecule has 1 spiro atoms. The minimum absolute atomic E-state index is 0.000495. The topological polar surface area (TPSA) is 50.7 Å². The number of morpholine rings is 1. The highest BCUT2D eigenvalue weighted by molar-refractivity contribution is 5.30. The van der Waals surface area contributed by atoms with Gasteiger partial charge in [0, 0.05) is 32.2 Å². The van der Waals surface area contributed by atoms with E-state index in [1.807, 2.05) is 0 Å². The second kappa shape index (κ2) is 6.30. The molecule has 4 heterocycles. The Morgan fingerprint density at radius 2 is 1.78 bits per heavy atom. The average Bonchev–Trinajstić information content (AvgIpc) is 3.01. The summed E-state index contributed by atoms with van der Waals surface area (Å²) in [6.45, 7) is 6.24. The summed E-state index contributed by atoms with van der Waals surface area (Å²) >= 11 is 0. The van der Waals surface area contributed by atoms with Crippen LogP contribution in [0.3, 0.4) is 0 Å². The van der Waals surface area contributed by atoms with Crippen LogP contribution in [0.15, 0.2) is 12.4 Å². The van der Waals surface area contributed by atoms with Crippen molar-refractivity contribution in [2.45, 2.75) is 30.9 Å². The minimum atomic E-state index is -0.394. The summed E-state index contributed by atoms with van der Waals surface area (Å²) < 4.78 is 24.6. The number of rotatable bonds is 2. The van der Waals surface area contributed by atoms with Crippen LogP contribution in [0.25, 0.3) is 0 Å². The van der Waals surface area contributed by atoms with E-state index in [1.165, 1.54) is 12.4 Å². The normalized spacial score (nSPS) is 28.4. The fourth-order valence-electron chi connectivity index (χ4n) is 3.93. The number of ether oxygens (including phenoxy) is 2. The van der Waals surface area contributed by atoms with E-state index in [9.17, 15) is 4.39 Å². The van der Waals surface area contributed by atoms with E-state index in [0.717, 1.165) is 65.3 Å². The maximum absolute atomic E-state index is 12.9. The first-order valence-corrected chi connectivity index (χ1v) is 8.42. The van der Waals surface area contributed by atoms with Crippen LogP contribution >= 0.6 is 0 Å². The second-order valence-electron chi connectivity index (χ2n) is 6.69. The fraction of sp³-hybridized carbons (Fsp3) is 0.750. The molecule has 0 N–H and O–H groups in total. The zero-order valence-electron chi connectivity index (χ0n) is 13.3. The molecule has 4 rings (SSSR count). The summed E-state index contributed by atoms with van der Waals surface area (Å²) in [7, 11) is 0. The first-order valence-electron chi connectivity index (χ1n) is 8.42. The van der Waals surface area contributed by atoms with Crippen LogP contribution in [-0.2, 0) is 9.47 Å². The van der Waals surface area contributed by atoms with Gasteiger partial charge in [-0.25, -0.2) is 14.4 Å². The third kappa shape index (κ3) is 3.18. The quantitative estimate of drug-likeness (QED) is 0.812. The minimum Gasteiger partial charge on any atom is -0.379 e. The van der Waals surface area contributed by atoms with Gasteiger partial charge in [0.05, 0.1) is 37.8 Å². The van der Waals surface area contributed by atoms with E-state index in [1.54, 1.807) is 0 Å². The lowest BCUT2D eigenvalue weighted by molar-refractivity contribution is -0.0185. The predicted octanol–water partition coefficient (Wildman–Crippen LogP) is 1.08. The first kappa shape index (κ1) is 15.2. The van der Waals surface area contributed by atoms with Crippen molar-refractivity contribution in [1.82, 2.24) is 14.9 Å². The highest BCUT2D eigenvalue weighted by Gasteiger charge is 2.44. The van der Waals surface area contributed by atoms with Crippen LogP contribution < -0.4 is 4.90 Å². The summed E-state index contributed by atoms with van der Waals surface area (Å²) in [5.74, 6) is 0.221. The van der Waals surface area contributed by atoms with Crippen molar-refractivity contribution in [3.8, 4) is 0 Å². The predicted molar refractivity (Wildman–Crippen MR) is 82.9 cm³/mol. The molecule has 0 aliphatic carbocycles. The molecule has 0 bridgehead atoms. The number of anilines is 1. The van der Waals surface area contributed by atoms with Gasteiger partial charge < -0.3 is 14.4 Å². The van der Waals surface area contributed by atoms with Crippen molar-refractivity contribution >= 4 is 5.95 Å². The van der Waals surface area contributed by atoms with E-state index in [2.05, 4.69) is 19.8 Å². The van der Waals surface area contributed by atoms with Crippen molar-refractivity contribution in [3.05, 3.63) is 18.2 Å². The molecule has 0 unspecified atom stereocenters. The summed E-state index contributed by atoms with van der Waals surface area (Å²) in [6.07, 6.45) is 5.52. The van der Waals surface area contributed by atoms with Gasteiger partial charge in [-0.2, -0.15) is 0 Å². The molecule has 3 aliphatic rings. The Bertz CT molecular complexity index is 527. The summed E-state index contributed by atoms with van der Waals surface area (Å²) in [5.41, 5.74) is -0.000495. The summed E-state index contributed by atoms with van der Waals surface area (Å²) in [5, 5.41) is 0. The monoisotopic (exact) mass is 322 g/mol. The zero-order valence-corrected chi connectivity index (χ0v) is 13.3. The van der Waals surface area contributed by atoms with Crippen LogP contribution in [0.1, 0.15) is 19.3 Å². The van der Waals surface area contributed by atoms with Gasteiger partial charge in [0.15, 0.2) is 5.82 Å². The lowest BCUT2D eigenvalue weighted by Crippen LogP contribution is -2.47. The molecule has 3 saturated heterocycles. The third-order valence-corrected chi connectivity index (χ3v) is 5.32. The molecule has 126 valence electrons. The molecule has 1 aromatic heterocycles. The molecule has 23 heavy (non-hydrogen) atoms. The molecule has 3 fully saturated rings. The molecule has 7 heteroatoms. The van der Waals surface area contributed by atoms with Crippen molar-refractivity contribution in [2.24, 2.45) is 0 Å². The number of halogens is 1. The summed E-state index contributed by atoms with van der Waals surface area (Å²) in [6, 6.07) is 0.521. The molecular formula is C16H23FN4O2. The Morgan fingerprint density at radius 3 is 2.48 bits per heavy atom. The first-order chi connectivity index (χ1) is 11.2. The number of aromatic nitrogens is 2. The molecule has 6 nitrogen and oxygen atoms in total. The number of piperidine rings is 1. The van der Waals surface area contributed by atoms with Crippen molar-refractivity contribution in [3.63, 3.8) is 0 Å². The highest BCUT2D eigenvalue weighted by atomic mass is 19.1. The number of nitrogens with zero attached hydrogens (tertiary/aromatic N) is 4. The van der Waals surface area contributed by atoms with Gasteiger partial charge in [0.2, 0.25) is 5.95 Å². The third-order valence-electron chi connectivity index (χ3n) is 5.32. The van der Waals surface area contributed by atoms with Gasteiger partial charge in [-0.05, 0) is 19.3 Å². The van der Waals surface area contributed by atoms with Crippen LogP contribution in [-0.4, -0.2) is 72.5 Å². The van der Waals surface area contributed by atoms with E-state index in [0.29, 0.717) is 12.0 Å². The Kier molecular flexibility index (Phi) is 4.17. The maximum atomic E-state index is 12.9. The second-order valence-corrected chi connectivity index (χ2v) is 6.69. The Morgan fingerprint density at radius 1 is 1.09 bits per heavy atom. The van der Waals surface area contributed by atoms with Crippen molar-refractivity contribution in [2.75, 3.05) is 50.9 Å². The van der Waals surface area contributed by atoms with E-state index in [-0.39, 0.29) is 5.60 Å².